The molecule has 0 unspecified atom stereocenters. The summed E-state index contributed by atoms with van der Waals surface area (Å²) >= 11 is 0. The van der Waals surface area contributed by atoms with Gasteiger partial charge >= 0.3 is 0 Å². The van der Waals surface area contributed by atoms with Crippen molar-refractivity contribution in [1.82, 2.24) is 14.7 Å². The lowest BCUT2D eigenvalue weighted by molar-refractivity contribution is 0.314. The lowest BCUT2D eigenvalue weighted by atomic mass is 10.1. The van der Waals surface area contributed by atoms with Crippen molar-refractivity contribution in [2.75, 3.05) is 7.05 Å². The molecule has 0 radical (unpaired) electrons. The van der Waals surface area contributed by atoms with Gasteiger partial charge in [0.1, 0.15) is 0 Å². The number of benzene rings is 2. The van der Waals surface area contributed by atoms with Crippen molar-refractivity contribution in [3.8, 4) is 11.8 Å². The van der Waals surface area contributed by atoms with Crippen LogP contribution in [0.3, 0.4) is 0 Å². The Labute approximate surface area is 136 Å². The van der Waals surface area contributed by atoms with Crippen LogP contribution in [0.1, 0.15) is 16.8 Å². The molecule has 0 aliphatic rings. The lowest BCUT2D eigenvalue weighted by Crippen LogP contribution is -2.17. The van der Waals surface area contributed by atoms with Crippen LogP contribution >= 0.6 is 0 Å². The summed E-state index contributed by atoms with van der Waals surface area (Å²) in [6.45, 7) is 1.55. The van der Waals surface area contributed by atoms with Crippen LogP contribution in [-0.2, 0) is 13.1 Å². The van der Waals surface area contributed by atoms with Gasteiger partial charge < -0.3 is 0 Å². The zero-order chi connectivity index (χ0) is 16.1. The average molecular weight is 302 g/mol. The molecule has 4 nitrogen and oxygen atoms in total. The van der Waals surface area contributed by atoms with Crippen molar-refractivity contribution < 1.29 is 0 Å². The first-order valence-corrected chi connectivity index (χ1v) is 7.52. The maximum absolute atomic E-state index is 8.97. The Bertz CT molecular complexity index is 815. The highest BCUT2D eigenvalue weighted by atomic mass is 15.3. The van der Waals surface area contributed by atoms with Gasteiger partial charge in [-0.2, -0.15) is 10.4 Å². The van der Waals surface area contributed by atoms with Crippen LogP contribution in [0.5, 0.6) is 0 Å². The van der Waals surface area contributed by atoms with Gasteiger partial charge in [0.2, 0.25) is 0 Å². The van der Waals surface area contributed by atoms with Crippen LogP contribution in [0.15, 0.2) is 66.9 Å². The molecule has 114 valence electrons. The van der Waals surface area contributed by atoms with Crippen LogP contribution in [0.4, 0.5) is 0 Å². The fraction of sp³-hybridized carbons (Fsp3) is 0.158. The van der Waals surface area contributed by atoms with Crippen molar-refractivity contribution in [2.45, 2.75) is 13.1 Å². The normalized spacial score (nSPS) is 10.7. The van der Waals surface area contributed by atoms with Gasteiger partial charge in [-0.05, 0) is 42.9 Å². The summed E-state index contributed by atoms with van der Waals surface area (Å²) in [5, 5.41) is 13.6. The highest BCUT2D eigenvalue weighted by molar-refractivity contribution is 5.33. The van der Waals surface area contributed by atoms with E-state index in [1.807, 2.05) is 71.5 Å². The van der Waals surface area contributed by atoms with Gasteiger partial charge in [-0.3, -0.25) is 4.90 Å². The van der Waals surface area contributed by atoms with E-state index < -0.39 is 0 Å². The molecule has 0 saturated heterocycles. The number of nitrogens with zero attached hydrogens (tertiary/aromatic N) is 4. The second kappa shape index (κ2) is 6.91. The maximum Gasteiger partial charge on any atom is 0.0991 e. The Kier molecular flexibility index (Phi) is 4.51. The van der Waals surface area contributed by atoms with Gasteiger partial charge in [0.05, 0.1) is 23.0 Å². The van der Waals surface area contributed by atoms with Crippen molar-refractivity contribution in [1.29, 1.82) is 5.26 Å². The molecule has 0 N–H and O–H groups in total. The summed E-state index contributed by atoms with van der Waals surface area (Å²) in [5.74, 6) is 0. The molecule has 0 amide bonds. The molecule has 0 atom stereocenters. The molecule has 1 heterocycles. The van der Waals surface area contributed by atoms with Gasteiger partial charge in [-0.1, -0.05) is 30.3 Å². The summed E-state index contributed by atoms with van der Waals surface area (Å²) in [5.41, 5.74) is 3.91. The first-order chi connectivity index (χ1) is 11.2. The highest BCUT2D eigenvalue weighted by Crippen LogP contribution is 2.11. The van der Waals surface area contributed by atoms with E-state index in [0.29, 0.717) is 5.56 Å². The second-order valence-corrected chi connectivity index (χ2v) is 5.57. The number of rotatable bonds is 5. The summed E-state index contributed by atoms with van der Waals surface area (Å²) in [6.07, 6.45) is 1.98. The Morgan fingerprint density at radius 1 is 1.04 bits per heavy atom. The predicted molar refractivity (Wildman–Crippen MR) is 89.9 cm³/mol. The molecule has 0 bridgehead atoms. The van der Waals surface area contributed by atoms with Crippen molar-refractivity contribution in [2.24, 2.45) is 0 Å². The molecular formula is C19H18N4. The lowest BCUT2D eigenvalue weighted by Gasteiger charge is -2.15. The molecule has 23 heavy (non-hydrogen) atoms. The molecular weight excluding hydrogens is 284 g/mol. The third-order valence-corrected chi connectivity index (χ3v) is 3.61. The summed E-state index contributed by atoms with van der Waals surface area (Å²) in [6, 6.07) is 22.0. The molecule has 4 heteroatoms. The van der Waals surface area contributed by atoms with E-state index >= 15 is 0 Å². The highest BCUT2D eigenvalue weighted by Gasteiger charge is 2.06. The topological polar surface area (TPSA) is 44.9 Å². The molecule has 1 aromatic heterocycles. The van der Waals surface area contributed by atoms with E-state index in [1.165, 1.54) is 0 Å². The number of para-hydroxylation sites is 1. The van der Waals surface area contributed by atoms with Crippen LogP contribution in [-0.4, -0.2) is 21.7 Å². The van der Waals surface area contributed by atoms with E-state index in [-0.39, 0.29) is 0 Å². The van der Waals surface area contributed by atoms with E-state index in [9.17, 15) is 0 Å². The zero-order valence-electron chi connectivity index (χ0n) is 13.1. The second-order valence-electron chi connectivity index (χ2n) is 5.57. The summed E-state index contributed by atoms with van der Waals surface area (Å²) in [4.78, 5) is 2.19. The van der Waals surface area contributed by atoms with Crippen molar-refractivity contribution in [3.05, 3.63) is 83.7 Å². The van der Waals surface area contributed by atoms with Crippen molar-refractivity contribution in [3.63, 3.8) is 0 Å². The first kappa shape index (κ1) is 15.0. The van der Waals surface area contributed by atoms with Crippen LogP contribution in [0.25, 0.3) is 5.69 Å². The standard InChI is InChI=1S/C19H18N4/c1-22(14-17-7-5-6-16(12-17)13-20)15-18-10-11-23(21-18)19-8-3-2-4-9-19/h2-12H,14-15H2,1H3. The summed E-state index contributed by atoms with van der Waals surface area (Å²) in [7, 11) is 2.06. The van der Waals surface area contributed by atoms with Gasteiger partial charge in [-0.15, -0.1) is 0 Å². The molecule has 0 saturated carbocycles. The number of hydrogen-bond acceptors (Lipinski definition) is 3. The fourth-order valence-corrected chi connectivity index (χ4v) is 2.55. The number of hydrogen-bond donors (Lipinski definition) is 0. The third-order valence-electron chi connectivity index (χ3n) is 3.61. The minimum Gasteiger partial charge on any atom is -0.296 e. The monoisotopic (exact) mass is 302 g/mol. The quantitative estimate of drug-likeness (QED) is 0.726. The Morgan fingerprint density at radius 3 is 2.65 bits per heavy atom. The zero-order valence-corrected chi connectivity index (χ0v) is 13.1. The average Bonchev–Trinajstić information content (AvgIpc) is 3.04. The van der Waals surface area contributed by atoms with Gasteiger partial charge in [0.15, 0.2) is 0 Å². The first-order valence-electron chi connectivity index (χ1n) is 7.52. The van der Waals surface area contributed by atoms with Crippen LogP contribution in [0.2, 0.25) is 0 Å². The van der Waals surface area contributed by atoms with E-state index in [0.717, 1.165) is 30.0 Å². The molecule has 0 spiro atoms. The van der Waals surface area contributed by atoms with Gasteiger partial charge in [-0.25, -0.2) is 4.68 Å². The Balaban J connectivity index is 1.65. The third kappa shape index (κ3) is 3.85. The summed E-state index contributed by atoms with van der Waals surface area (Å²) < 4.78 is 1.89. The van der Waals surface area contributed by atoms with Crippen LogP contribution < -0.4 is 0 Å². The molecule has 3 rings (SSSR count). The number of aromatic nitrogens is 2. The fourth-order valence-electron chi connectivity index (χ4n) is 2.55. The number of nitriles is 1. The Hall–Kier alpha value is -2.90. The molecule has 0 fully saturated rings. The van der Waals surface area contributed by atoms with E-state index in [1.54, 1.807) is 0 Å². The molecule has 0 aliphatic carbocycles. The minimum atomic E-state index is 0.698. The van der Waals surface area contributed by atoms with Crippen LogP contribution in [0, 0.1) is 11.3 Å². The minimum absolute atomic E-state index is 0.698. The largest absolute Gasteiger partial charge is 0.296 e. The maximum atomic E-state index is 8.97. The Morgan fingerprint density at radius 2 is 1.87 bits per heavy atom. The van der Waals surface area contributed by atoms with E-state index in [2.05, 4.69) is 23.1 Å². The molecule has 3 aromatic rings. The SMILES string of the molecule is CN(Cc1cccc(C#N)c1)Cc1ccn(-c2ccccc2)n1. The van der Waals surface area contributed by atoms with E-state index in [4.69, 9.17) is 5.26 Å². The molecule has 2 aromatic carbocycles. The van der Waals surface area contributed by atoms with Gasteiger partial charge in [0, 0.05) is 19.3 Å². The predicted octanol–water partition coefficient (Wildman–Crippen LogP) is 3.38. The van der Waals surface area contributed by atoms with Crippen molar-refractivity contribution >= 4 is 0 Å². The van der Waals surface area contributed by atoms with Gasteiger partial charge in [0.25, 0.3) is 0 Å². The molecule has 0 aliphatic heterocycles. The smallest absolute Gasteiger partial charge is 0.0991 e.